The van der Waals surface area contributed by atoms with Crippen molar-refractivity contribution in [2.45, 2.75) is 44.2 Å². The number of ether oxygens (including phenoxy) is 4. The van der Waals surface area contributed by atoms with E-state index < -0.39 is 42.3 Å². The Labute approximate surface area is 233 Å². The summed E-state index contributed by atoms with van der Waals surface area (Å²) in [6, 6.07) is 12.9. The Balaban J connectivity index is 1.24. The Morgan fingerprint density at radius 1 is 1.07 bits per heavy atom. The lowest BCUT2D eigenvalue weighted by atomic mass is 10.1. The fourth-order valence-electron chi connectivity index (χ4n) is 4.95. The van der Waals surface area contributed by atoms with E-state index >= 15 is 0 Å². The Kier molecular flexibility index (Phi) is 6.65. The van der Waals surface area contributed by atoms with Crippen LogP contribution in [-0.4, -0.2) is 67.3 Å². The van der Waals surface area contributed by atoms with Crippen molar-refractivity contribution in [1.29, 1.82) is 0 Å². The number of amides is 2. The molecule has 212 valence electrons. The summed E-state index contributed by atoms with van der Waals surface area (Å²) in [6.07, 6.45) is 0.406. The maximum absolute atomic E-state index is 12.6. The van der Waals surface area contributed by atoms with Gasteiger partial charge in [0.15, 0.2) is 29.0 Å². The van der Waals surface area contributed by atoms with Gasteiger partial charge in [-0.15, -0.1) is 0 Å². The second-order valence-corrected chi connectivity index (χ2v) is 9.99. The summed E-state index contributed by atoms with van der Waals surface area (Å²) >= 11 is 0. The number of aromatic carboxylic acids is 1. The van der Waals surface area contributed by atoms with Crippen LogP contribution in [0.4, 0.5) is 22.0 Å². The van der Waals surface area contributed by atoms with E-state index in [0.29, 0.717) is 22.5 Å². The zero-order valence-corrected chi connectivity index (χ0v) is 22.1. The third-order valence-electron chi connectivity index (χ3n) is 6.66. The summed E-state index contributed by atoms with van der Waals surface area (Å²) in [5, 5.41) is 15.0. The summed E-state index contributed by atoms with van der Waals surface area (Å²) < 4.78 is 26.2. The van der Waals surface area contributed by atoms with Crippen molar-refractivity contribution < 1.29 is 33.6 Å². The van der Waals surface area contributed by atoms with Crippen LogP contribution in [0.1, 0.15) is 30.4 Å². The Hall–Kier alpha value is -4.79. The van der Waals surface area contributed by atoms with E-state index in [2.05, 4.69) is 25.6 Å². The molecule has 4 heterocycles. The van der Waals surface area contributed by atoms with Crippen molar-refractivity contribution in [3.05, 3.63) is 66.7 Å². The highest BCUT2D eigenvalue weighted by atomic mass is 16.8. The standard InChI is InChI=1S/C27H27N7O7/c1-27(2)40-20-18(11-38-17-9-8-14(28)10-16(17)25(35)36)39-24(21(20)41-27)34-13-31-19-22(29-12-30-23(19)34)33-26(37)32-15-6-4-3-5-7-15/h3-10,12-13,18,20-21,24H,11,28H2,1-2H3,(H,35,36)(H2,29,30,32,33,37). The van der Waals surface area contributed by atoms with Crippen LogP contribution in [0.2, 0.25) is 0 Å². The molecule has 6 rings (SSSR count). The number of hydrogen-bond donors (Lipinski definition) is 4. The van der Waals surface area contributed by atoms with Crippen molar-refractivity contribution >= 4 is 40.4 Å². The second-order valence-electron chi connectivity index (χ2n) is 9.99. The topological polar surface area (TPSA) is 185 Å². The van der Waals surface area contributed by atoms with E-state index in [1.165, 1.54) is 24.8 Å². The predicted octanol–water partition coefficient (Wildman–Crippen LogP) is 3.25. The third-order valence-corrected chi connectivity index (χ3v) is 6.66. The highest BCUT2D eigenvalue weighted by molar-refractivity contribution is 6.02. The fraction of sp³-hybridized carbons (Fsp3) is 0.296. The van der Waals surface area contributed by atoms with Crippen molar-refractivity contribution in [2.75, 3.05) is 23.0 Å². The first-order valence-corrected chi connectivity index (χ1v) is 12.8. The number of urea groups is 1. The number of nitrogens with one attached hydrogen (secondary N) is 2. The summed E-state index contributed by atoms with van der Waals surface area (Å²) in [7, 11) is 0. The lowest BCUT2D eigenvalue weighted by Gasteiger charge is -2.25. The molecule has 2 aromatic carbocycles. The van der Waals surface area contributed by atoms with Crippen LogP contribution >= 0.6 is 0 Å². The summed E-state index contributed by atoms with van der Waals surface area (Å²) in [5.74, 6) is -1.70. The van der Waals surface area contributed by atoms with Crippen LogP contribution in [-0.2, 0) is 14.2 Å². The number of fused-ring (bicyclic) bond motifs is 2. The van der Waals surface area contributed by atoms with Crippen molar-refractivity contribution in [3.8, 4) is 5.75 Å². The molecule has 0 spiro atoms. The minimum atomic E-state index is -1.16. The SMILES string of the molecule is CC1(C)OC2C(COc3ccc(N)cc3C(=O)O)OC(n3cnc4c(NC(=O)Nc5ccccc5)ncnc43)C2O1. The van der Waals surface area contributed by atoms with Crippen LogP contribution < -0.4 is 21.1 Å². The molecule has 0 aliphatic carbocycles. The maximum atomic E-state index is 12.6. The van der Waals surface area contributed by atoms with Gasteiger partial charge in [-0.1, -0.05) is 18.2 Å². The molecule has 4 unspecified atom stereocenters. The van der Waals surface area contributed by atoms with Gasteiger partial charge in [-0.25, -0.2) is 24.5 Å². The molecule has 2 aliphatic rings. The molecule has 0 radical (unpaired) electrons. The number of carboxylic acid groups (broad SMARTS) is 1. The van der Waals surface area contributed by atoms with Crippen LogP contribution in [0, 0.1) is 0 Å². The van der Waals surface area contributed by atoms with Gasteiger partial charge >= 0.3 is 12.0 Å². The van der Waals surface area contributed by atoms with Crippen LogP contribution in [0.5, 0.6) is 5.75 Å². The molecule has 2 saturated heterocycles. The van der Waals surface area contributed by atoms with Crippen molar-refractivity contribution in [3.63, 3.8) is 0 Å². The van der Waals surface area contributed by atoms with Crippen LogP contribution in [0.25, 0.3) is 11.2 Å². The van der Waals surface area contributed by atoms with Gasteiger partial charge in [0.05, 0.1) is 6.33 Å². The average molecular weight is 562 g/mol. The minimum Gasteiger partial charge on any atom is -0.490 e. The lowest BCUT2D eigenvalue weighted by molar-refractivity contribution is -0.198. The predicted molar refractivity (Wildman–Crippen MR) is 145 cm³/mol. The first kappa shape index (κ1) is 26.4. The molecule has 2 amide bonds. The van der Waals surface area contributed by atoms with Gasteiger partial charge in [0.1, 0.15) is 42.6 Å². The third kappa shape index (κ3) is 5.23. The van der Waals surface area contributed by atoms with E-state index in [0.717, 1.165) is 0 Å². The molecule has 2 fully saturated rings. The van der Waals surface area contributed by atoms with Crippen molar-refractivity contribution in [2.24, 2.45) is 0 Å². The highest BCUT2D eigenvalue weighted by Crippen LogP contribution is 2.44. The summed E-state index contributed by atoms with van der Waals surface area (Å²) in [5.41, 5.74) is 7.37. The molecule has 4 aromatic rings. The maximum Gasteiger partial charge on any atom is 0.339 e. The number of imidazole rings is 1. The smallest absolute Gasteiger partial charge is 0.339 e. The van der Waals surface area contributed by atoms with Gasteiger partial charge in [-0.3, -0.25) is 9.88 Å². The minimum absolute atomic E-state index is 0.0185. The molecule has 5 N–H and O–H groups in total. The molecule has 14 heteroatoms. The molecule has 0 bridgehead atoms. The quantitative estimate of drug-likeness (QED) is 0.243. The van der Waals surface area contributed by atoms with Gasteiger partial charge in [0.2, 0.25) is 0 Å². The first-order chi connectivity index (χ1) is 19.7. The lowest BCUT2D eigenvalue weighted by Crippen LogP contribution is -2.34. The molecule has 2 aliphatic heterocycles. The summed E-state index contributed by atoms with van der Waals surface area (Å²) in [4.78, 5) is 37.3. The number of rotatable bonds is 7. The molecule has 4 atom stereocenters. The Morgan fingerprint density at radius 3 is 2.63 bits per heavy atom. The number of nitrogens with zero attached hydrogens (tertiary/aromatic N) is 4. The van der Waals surface area contributed by atoms with Gasteiger partial charge in [0.25, 0.3) is 0 Å². The number of benzene rings is 2. The molecule has 2 aromatic heterocycles. The molecule has 0 saturated carbocycles. The number of carbonyl (C=O) groups excluding carboxylic acids is 1. The van der Waals surface area contributed by atoms with E-state index in [1.807, 2.05) is 18.2 Å². The van der Waals surface area contributed by atoms with Gasteiger partial charge in [-0.05, 0) is 44.2 Å². The van der Waals surface area contributed by atoms with E-state index in [-0.39, 0.29) is 23.7 Å². The number of hydrogen-bond acceptors (Lipinski definition) is 10. The van der Waals surface area contributed by atoms with E-state index in [1.54, 1.807) is 36.6 Å². The molecule has 41 heavy (non-hydrogen) atoms. The number of anilines is 3. The second kappa shape index (κ2) is 10.3. The highest BCUT2D eigenvalue weighted by Gasteiger charge is 2.56. The van der Waals surface area contributed by atoms with E-state index in [4.69, 9.17) is 24.7 Å². The number of nitrogens with two attached hydrogens (primary N) is 1. The molecule has 14 nitrogen and oxygen atoms in total. The number of carbonyl (C=O) groups is 2. The monoisotopic (exact) mass is 561 g/mol. The normalized spacial score (nSPS) is 22.8. The number of carboxylic acids is 1. The molecular weight excluding hydrogens is 534 g/mol. The van der Waals surface area contributed by atoms with Gasteiger partial charge in [0, 0.05) is 11.4 Å². The number of aromatic nitrogens is 4. The summed E-state index contributed by atoms with van der Waals surface area (Å²) in [6.45, 7) is 3.57. The zero-order chi connectivity index (χ0) is 28.7. The van der Waals surface area contributed by atoms with Crippen LogP contribution in [0.3, 0.4) is 0 Å². The zero-order valence-electron chi connectivity index (χ0n) is 22.1. The average Bonchev–Trinajstić information content (AvgIpc) is 3.59. The molecular formula is C27H27N7O7. The Morgan fingerprint density at radius 2 is 1.85 bits per heavy atom. The number of nitrogen functional groups attached to an aromatic ring is 1. The van der Waals surface area contributed by atoms with Crippen molar-refractivity contribution in [1.82, 2.24) is 19.5 Å². The van der Waals surface area contributed by atoms with Crippen LogP contribution in [0.15, 0.2) is 61.2 Å². The Bertz CT molecular complexity index is 1610. The van der Waals surface area contributed by atoms with E-state index in [9.17, 15) is 14.7 Å². The number of para-hydroxylation sites is 1. The fourth-order valence-corrected chi connectivity index (χ4v) is 4.95. The largest absolute Gasteiger partial charge is 0.490 e. The first-order valence-electron chi connectivity index (χ1n) is 12.8. The van der Waals surface area contributed by atoms with Gasteiger partial charge < -0.3 is 35.1 Å². The van der Waals surface area contributed by atoms with Gasteiger partial charge in [-0.2, -0.15) is 0 Å².